The van der Waals surface area contributed by atoms with Gasteiger partial charge in [0.1, 0.15) is 0 Å². The lowest BCUT2D eigenvalue weighted by Gasteiger charge is -2.26. The van der Waals surface area contributed by atoms with Crippen molar-refractivity contribution in [2.45, 2.75) is 39.7 Å². The molecular weight excluding hydrogens is 326 g/mol. The van der Waals surface area contributed by atoms with E-state index in [0.29, 0.717) is 18.7 Å². The molecule has 0 atom stereocenters. The van der Waals surface area contributed by atoms with E-state index in [1.807, 2.05) is 31.2 Å². The molecule has 2 rings (SSSR count). The van der Waals surface area contributed by atoms with Crippen molar-refractivity contribution >= 4 is 11.9 Å². The number of guanidine groups is 1. The van der Waals surface area contributed by atoms with E-state index < -0.39 is 0 Å². The Morgan fingerprint density at radius 2 is 1.69 bits per heavy atom. The largest absolute Gasteiger partial charge is 0.357 e. The van der Waals surface area contributed by atoms with Crippen LogP contribution in [-0.4, -0.2) is 56.0 Å². The number of nitrogens with zero attached hydrogens (tertiary/aromatic N) is 2. The van der Waals surface area contributed by atoms with E-state index in [-0.39, 0.29) is 5.91 Å². The normalized spacial score (nSPS) is 15.5. The average molecular weight is 360 g/mol. The van der Waals surface area contributed by atoms with Crippen LogP contribution < -0.4 is 16.0 Å². The number of amides is 1. The third-order valence-corrected chi connectivity index (χ3v) is 4.49. The lowest BCUT2D eigenvalue weighted by atomic mass is 10.1. The Morgan fingerprint density at radius 3 is 2.35 bits per heavy atom. The SMILES string of the molecule is CCNC(=O)c1ccc(CN=C(NCC)NCCN2CCCCC2)cc1. The maximum absolute atomic E-state index is 11.8. The summed E-state index contributed by atoms with van der Waals surface area (Å²) in [5.74, 6) is 0.813. The van der Waals surface area contributed by atoms with Gasteiger partial charge in [-0.1, -0.05) is 18.6 Å². The zero-order chi connectivity index (χ0) is 18.6. The van der Waals surface area contributed by atoms with Crippen LogP contribution in [-0.2, 0) is 6.54 Å². The molecule has 1 aromatic carbocycles. The number of carbonyl (C=O) groups is 1. The maximum atomic E-state index is 11.8. The molecule has 1 saturated heterocycles. The van der Waals surface area contributed by atoms with Gasteiger partial charge in [-0.25, -0.2) is 4.99 Å². The van der Waals surface area contributed by atoms with Gasteiger partial charge in [-0.3, -0.25) is 4.79 Å². The minimum Gasteiger partial charge on any atom is -0.357 e. The van der Waals surface area contributed by atoms with E-state index in [0.717, 1.165) is 31.2 Å². The molecule has 0 radical (unpaired) electrons. The molecular formula is C20H33N5O. The minimum absolute atomic E-state index is 0.0322. The predicted molar refractivity (Wildman–Crippen MR) is 108 cm³/mol. The molecule has 0 aromatic heterocycles. The fourth-order valence-electron chi connectivity index (χ4n) is 3.05. The van der Waals surface area contributed by atoms with Crippen molar-refractivity contribution in [3.63, 3.8) is 0 Å². The monoisotopic (exact) mass is 359 g/mol. The Labute approximate surface area is 157 Å². The Hall–Kier alpha value is -2.08. The molecule has 1 heterocycles. The van der Waals surface area contributed by atoms with Crippen LogP contribution in [0.4, 0.5) is 0 Å². The van der Waals surface area contributed by atoms with Gasteiger partial charge in [0, 0.05) is 31.7 Å². The van der Waals surface area contributed by atoms with Gasteiger partial charge in [0.2, 0.25) is 0 Å². The smallest absolute Gasteiger partial charge is 0.251 e. The van der Waals surface area contributed by atoms with Gasteiger partial charge < -0.3 is 20.9 Å². The fourth-order valence-corrected chi connectivity index (χ4v) is 3.05. The van der Waals surface area contributed by atoms with Crippen molar-refractivity contribution in [2.75, 3.05) is 39.3 Å². The minimum atomic E-state index is -0.0322. The van der Waals surface area contributed by atoms with Crippen LogP contribution in [0.25, 0.3) is 0 Å². The summed E-state index contributed by atoms with van der Waals surface area (Å²) in [7, 11) is 0. The lowest BCUT2D eigenvalue weighted by Crippen LogP contribution is -2.42. The molecule has 144 valence electrons. The molecule has 1 amide bonds. The summed E-state index contributed by atoms with van der Waals surface area (Å²) in [6.07, 6.45) is 4.01. The fraction of sp³-hybridized carbons (Fsp3) is 0.600. The van der Waals surface area contributed by atoms with Crippen molar-refractivity contribution in [3.05, 3.63) is 35.4 Å². The highest BCUT2D eigenvalue weighted by molar-refractivity contribution is 5.94. The summed E-state index contributed by atoms with van der Waals surface area (Å²) < 4.78 is 0. The molecule has 6 nitrogen and oxygen atoms in total. The summed E-state index contributed by atoms with van der Waals surface area (Å²) >= 11 is 0. The van der Waals surface area contributed by atoms with Crippen LogP contribution in [0, 0.1) is 0 Å². The van der Waals surface area contributed by atoms with Gasteiger partial charge in [0.15, 0.2) is 5.96 Å². The van der Waals surface area contributed by atoms with Crippen LogP contribution in [0.2, 0.25) is 0 Å². The van der Waals surface area contributed by atoms with Gasteiger partial charge in [-0.15, -0.1) is 0 Å². The Morgan fingerprint density at radius 1 is 1.00 bits per heavy atom. The van der Waals surface area contributed by atoms with Crippen molar-refractivity contribution in [1.82, 2.24) is 20.9 Å². The first-order valence-electron chi connectivity index (χ1n) is 9.84. The molecule has 0 bridgehead atoms. The predicted octanol–water partition coefficient (Wildman–Crippen LogP) is 1.98. The summed E-state index contributed by atoms with van der Waals surface area (Å²) in [6.45, 7) is 10.5. The topological polar surface area (TPSA) is 68.8 Å². The molecule has 1 aliphatic rings. The number of benzene rings is 1. The molecule has 0 unspecified atom stereocenters. The molecule has 0 spiro atoms. The van der Waals surface area contributed by atoms with E-state index in [1.54, 1.807) is 0 Å². The average Bonchev–Trinajstić information content (AvgIpc) is 2.67. The van der Waals surface area contributed by atoms with Crippen LogP contribution in [0.1, 0.15) is 49.0 Å². The molecule has 0 saturated carbocycles. The number of rotatable bonds is 8. The van der Waals surface area contributed by atoms with Crippen molar-refractivity contribution in [3.8, 4) is 0 Å². The van der Waals surface area contributed by atoms with Crippen molar-refractivity contribution in [2.24, 2.45) is 4.99 Å². The molecule has 1 aliphatic heterocycles. The second kappa shape index (κ2) is 11.5. The molecule has 3 N–H and O–H groups in total. The maximum Gasteiger partial charge on any atom is 0.251 e. The van der Waals surface area contributed by atoms with Gasteiger partial charge in [0.05, 0.1) is 6.54 Å². The highest BCUT2D eigenvalue weighted by atomic mass is 16.1. The highest BCUT2D eigenvalue weighted by Gasteiger charge is 2.09. The third kappa shape index (κ3) is 7.04. The summed E-state index contributed by atoms with van der Waals surface area (Å²) in [5.41, 5.74) is 1.78. The third-order valence-electron chi connectivity index (χ3n) is 4.49. The Balaban J connectivity index is 1.82. The van der Waals surface area contributed by atoms with Crippen LogP contribution in [0.15, 0.2) is 29.3 Å². The number of carbonyl (C=O) groups excluding carboxylic acids is 1. The van der Waals surface area contributed by atoms with E-state index in [4.69, 9.17) is 0 Å². The first-order chi connectivity index (χ1) is 12.7. The first-order valence-corrected chi connectivity index (χ1v) is 9.84. The quantitative estimate of drug-likeness (QED) is 0.490. The summed E-state index contributed by atoms with van der Waals surface area (Å²) in [4.78, 5) is 19.0. The lowest BCUT2D eigenvalue weighted by molar-refractivity contribution is 0.0956. The number of hydrogen-bond acceptors (Lipinski definition) is 3. The second-order valence-electron chi connectivity index (χ2n) is 6.58. The van der Waals surface area contributed by atoms with E-state index in [1.165, 1.54) is 32.4 Å². The second-order valence-corrected chi connectivity index (χ2v) is 6.58. The number of piperidine rings is 1. The zero-order valence-corrected chi connectivity index (χ0v) is 16.2. The van der Waals surface area contributed by atoms with Gasteiger partial charge in [-0.2, -0.15) is 0 Å². The number of nitrogens with one attached hydrogen (secondary N) is 3. The van der Waals surface area contributed by atoms with Crippen LogP contribution >= 0.6 is 0 Å². The highest BCUT2D eigenvalue weighted by Crippen LogP contribution is 2.07. The van der Waals surface area contributed by atoms with E-state index in [2.05, 4.69) is 32.8 Å². The molecule has 0 aliphatic carbocycles. The standard InChI is InChI=1S/C20H33N5O/c1-3-21-19(26)18-10-8-17(9-11-18)16-24-20(22-4-2)23-12-15-25-13-6-5-7-14-25/h8-11H,3-7,12-16H2,1-2H3,(H,21,26)(H2,22,23,24). The molecule has 26 heavy (non-hydrogen) atoms. The van der Waals surface area contributed by atoms with E-state index in [9.17, 15) is 4.79 Å². The zero-order valence-electron chi connectivity index (χ0n) is 16.2. The van der Waals surface area contributed by atoms with Crippen LogP contribution in [0.5, 0.6) is 0 Å². The van der Waals surface area contributed by atoms with E-state index >= 15 is 0 Å². The molecule has 1 fully saturated rings. The molecule has 1 aromatic rings. The molecule has 6 heteroatoms. The number of aliphatic imine (C=N–C) groups is 1. The summed E-state index contributed by atoms with van der Waals surface area (Å²) in [5, 5.41) is 9.52. The first kappa shape index (κ1) is 20.2. The Bertz CT molecular complexity index is 564. The van der Waals surface area contributed by atoms with Gasteiger partial charge in [-0.05, 0) is 57.5 Å². The van der Waals surface area contributed by atoms with Gasteiger partial charge >= 0.3 is 0 Å². The Kier molecular flexibility index (Phi) is 8.96. The van der Waals surface area contributed by atoms with Crippen LogP contribution in [0.3, 0.4) is 0 Å². The summed E-state index contributed by atoms with van der Waals surface area (Å²) in [6, 6.07) is 7.63. The number of hydrogen-bond donors (Lipinski definition) is 3. The number of likely N-dealkylation sites (tertiary alicyclic amines) is 1. The van der Waals surface area contributed by atoms with Gasteiger partial charge in [0.25, 0.3) is 5.91 Å². The van der Waals surface area contributed by atoms with Crippen molar-refractivity contribution in [1.29, 1.82) is 0 Å². The van der Waals surface area contributed by atoms with Crippen molar-refractivity contribution < 1.29 is 4.79 Å².